The number of ether oxygens (including phenoxy) is 4. The highest BCUT2D eigenvalue weighted by atomic mass is 35.6. The van der Waals surface area contributed by atoms with Gasteiger partial charge in [-0.05, 0) is 47.1 Å². The Morgan fingerprint density at radius 1 is 0.706 bits per heavy atom. The minimum absolute atomic E-state index is 0.0168. The first kappa shape index (κ1) is 29.6. The Hall–Kier alpha value is -2.43. The lowest BCUT2D eigenvalue weighted by Gasteiger charge is -2.32. The van der Waals surface area contributed by atoms with Gasteiger partial charge < -0.3 is 18.9 Å². The number of rotatable bonds is 3. The smallest absolute Gasteiger partial charge is 0.440 e. The third-order valence-corrected chi connectivity index (χ3v) is 3.57. The molecule has 1 aromatic carbocycles. The van der Waals surface area contributed by atoms with Crippen LogP contribution in [0.1, 0.15) is 47.1 Å². The molecule has 10 nitrogen and oxygen atoms in total. The molecule has 0 aromatic heterocycles. The summed E-state index contributed by atoms with van der Waals surface area (Å²) in [5, 5.41) is -0.00791. The van der Waals surface area contributed by atoms with E-state index in [1.807, 2.05) is 0 Å². The molecule has 0 aliphatic heterocycles. The highest BCUT2D eigenvalue weighted by molar-refractivity contribution is 6.67. The lowest BCUT2D eigenvalue weighted by molar-refractivity contribution is -0.0542. The Labute approximate surface area is 212 Å². The van der Waals surface area contributed by atoms with Gasteiger partial charge in [-0.25, -0.2) is 19.2 Å². The molecule has 4 amide bonds. The molecule has 0 aliphatic rings. The number of amides is 4. The Kier molecular flexibility index (Phi) is 10.3. The van der Waals surface area contributed by atoms with Crippen LogP contribution < -0.4 is 0 Å². The van der Waals surface area contributed by atoms with Gasteiger partial charge in [-0.3, -0.25) is 0 Å². The number of alkyl halides is 3. The van der Waals surface area contributed by atoms with Crippen molar-refractivity contribution in [2.24, 2.45) is 0 Å². The Bertz CT molecular complexity index is 877. The van der Waals surface area contributed by atoms with Gasteiger partial charge in [0.1, 0.15) is 24.4 Å². The first-order valence-corrected chi connectivity index (χ1v) is 11.0. The van der Waals surface area contributed by atoms with Crippen molar-refractivity contribution in [1.29, 1.82) is 0 Å². The number of hydrazine groups is 1. The Morgan fingerprint density at radius 3 is 1.50 bits per heavy atom. The van der Waals surface area contributed by atoms with Crippen molar-refractivity contribution in [3.05, 3.63) is 35.9 Å². The van der Waals surface area contributed by atoms with Crippen LogP contribution in [-0.2, 0) is 25.6 Å². The summed E-state index contributed by atoms with van der Waals surface area (Å²) in [5.41, 5.74) is -1.67. The molecule has 1 aromatic rings. The average Bonchev–Trinajstić information content (AvgIpc) is 2.65. The van der Waals surface area contributed by atoms with Gasteiger partial charge in [0, 0.05) is 0 Å². The number of halogens is 3. The van der Waals surface area contributed by atoms with E-state index in [4.69, 9.17) is 53.8 Å². The van der Waals surface area contributed by atoms with Crippen molar-refractivity contribution < 1.29 is 38.1 Å². The first-order chi connectivity index (χ1) is 15.4. The fourth-order valence-electron chi connectivity index (χ4n) is 2.07. The zero-order valence-electron chi connectivity index (χ0n) is 19.6. The zero-order valence-corrected chi connectivity index (χ0v) is 21.9. The van der Waals surface area contributed by atoms with Crippen molar-refractivity contribution in [2.45, 2.75) is 63.1 Å². The zero-order chi connectivity index (χ0) is 26.3. The van der Waals surface area contributed by atoms with E-state index in [0.717, 1.165) is 0 Å². The minimum atomic E-state index is -2.04. The molecule has 0 aliphatic carbocycles. The number of carbonyl (C=O) groups is 4. The van der Waals surface area contributed by atoms with E-state index >= 15 is 0 Å². The van der Waals surface area contributed by atoms with Crippen LogP contribution >= 0.6 is 34.8 Å². The molecule has 0 saturated carbocycles. The highest BCUT2D eigenvalue weighted by Crippen LogP contribution is 2.27. The third-order valence-electron chi connectivity index (χ3n) is 3.24. The van der Waals surface area contributed by atoms with Gasteiger partial charge >= 0.3 is 24.4 Å². The van der Waals surface area contributed by atoms with E-state index in [-0.39, 0.29) is 16.6 Å². The lowest BCUT2D eigenvalue weighted by atomic mass is 10.2. The largest absolute Gasteiger partial charge is 0.443 e. The maximum atomic E-state index is 12.9. The molecule has 0 fully saturated rings. The summed E-state index contributed by atoms with van der Waals surface area (Å²) < 4.78 is 18.2. The van der Waals surface area contributed by atoms with E-state index in [0.29, 0.717) is 5.56 Å². The fourth-order valence-corrected chi connectivity index (χ4v) is 2.23. The second-order valence-corrected chi connectivity index (χ2v) is 11.3. The molecule has 0 radical (unpaired) electrons. The molecule has 13 heteroatoms. The Morgan fingerprint density at radius 2 is 1.12 bits per heavy atom. The number of imide groups is 2. The first-order valence-electron chi connectivity index (χ1n) is 9.90. The molecule has 34 heavy (non-hydrogen) atoms. The summed E-state index contributed by atoms with van der Waals surface area (Å²) in [7, 11) is 0. The Balaban J connectivity index is 3.36. The van der Waals surface area contributed by atoms with Crippen molar-refractivity contribution >= 4 is 59.2 Å². The fraction of sp³-hybridized carbons (Fsp3) is 0.524. The molecule has 0 saturated heterocycles. The highest BCUT2D eigenvalue weighted by Gasteiger charge is 2.44. The van der Waals surface area contributed by atoms with Crippen LogP contribution in [0.2, 0.25) is 0 Å². The number of carbonyl (C=O) groups excluding carboxylic acids is 4. The normalized spacial score (nSPS) is 11.8. The number of hydrogen-bond donors (Lipinski definition) is 0. The van der Waals surface area contributed by atoms with Crippen molar-refractivity contribution in [3.8, 4) is 0 Å². The monoisotopic (exact) mass is 540 g/mol. The van der Waals surface area contributed by atoms with Gasteiger partial charge in [0.15, 0.2) is 0 Å². The van der Waals surface area contributed by atoms with Gasteiger partial charge in [-0.2, -0.15) is 0 Å². The topological polar surface area (TPSA) is 112 Å². The molecule has 0 N–H and O–H groups in total. The second-order valence-electron chi connectivity index (χ2n) is 8.79. The van der Waals surface area contributed by atoms with Gasteiger partial charge in [0.05, 0.1) is 0 Å². The molecule has 0 spiro atoms. The third kappa shape index (κ3) is 11.1. The molecule has 0 heterocycles. The molecule has 0 bridgehead atoms. The van der Waals surface area contributed by atoms with Gasteiger partial charge in [-0.15, -0.1) is 0 Å². The molecular weight excluding hydrogens is 515 g/mol. The summed E-state index contributed by atoms with van der Waals surface area (Å²) >= 11 is 16.8. The van der Waals surface area contributed by atoms with Crippen molar-refractivity contribution in [2.75, 3.05) is 6.61 Å². The van der Waals surface area contributed by atoms with Crippen molar-refractivity contribution in [3.63, 3.8) is 0 Å². The summed E-state index contributed by atoms with van der Waals surface area (Å²) in [6.45, 7) is 7.94. The number of benzene rings is 1. The van der Waals surface area contributed by atoms with Crippen LogP contribution in [0.5, 0.6) is 0 Å². The van der Waals surface area contributed by atoms with E-state index in [2.05, 4.69) is 0 Å². The van der Waals surface area contributed by atoms with E-state index < -0.39 is 46.0 Å². The molecule has 0 unspecified atom stereocenters. The van der Waals surface area contributed by atoms with E-state index in [1.165, 1.54) is 41.5 Å². The number of nitrogens with zero attached hydrogens (tertiary/aromatic N) is 2. The number of hydrogen-bond acceptors (Lipinski definition) is 8. The van der Waals surface area contributed by atoms with Crippen LogP contribution in [0.4, 0.5) is 19.2 Å². The molecule has 0 atom stereocenters. The van der Waals surface area contributed by atoms with E-state index in [9.17, 15) is 19.2 Å². The quantitative estimate of drug-likeness (QED) is 0.252. The average molecular weight is 542 g/mol. The maximum absolute atomic E-state index is 12.9. The summed E-state index contributed by atoms with van der Waals surface area (Å²) in [4.78, 5) is 51.5. The molecular formula is C21H27Cl3N2O8. The lowest BCUT2D eigenvalue weighted by Crippen LogP contribution is -2.58. The standard InChI is InChI=1S/C21H27Cl3N2O8/c1-19(2,3)33-17(29)25(15(27)31-12-14-10-8-7-9-11-14)26(18(30)34-20(4,5)6)16(28)32-13-21(22,23)24/h7-11H,12-13H2,1-6H3. The minimum Gasteiger partial charge on any atom is -0.443 e. The van der Waals surface area contributed by atoms with Gasteiger partial charge in [0.25, 0.3) is 0 Å². The van der Waals surface area contributed by atoms with Gasteiger partial charge in [-0.1, -0.05) is 75.2 Å². The summed E-state index contributed by atoms with van der Waals surface area (Å²) in [6, 6.07) is 8.48. The van der Waals surface area contributed by atoms with Gasteiger partial charge in [0.2, 0.25) is 3.79 Å². The van der Waals surface area contributed by atoms with Crippen molar-refractivity contribution in [1.82, 2.24) is 10.0 Å². The second kappa shape index (κ2) is 11.8. The molecule has 190 valence electrons. The van der Waals surface area contributed by atoms with Crippen LogP contribution in [0, 0.1) is 0 Å². The maximum Gasteiger partial charge on any atom is 0.440 e. The van der Waals surface area contributed by atoms with Crippen LogP contribution in [-0.4, -0.2) is 56.0 Å². The van der Waals surface area contributed by atoms with E-state index in [1.54, 1.807) is 30.3 Å². The predicted molar refractivity (Wildman–Crippen MR) is 124 cm³/mol. The van der Waals surface area contributed by atoms with Crippen LogP contribution in [0.3, 0.4) is 0 Å². The van der Waals surface area contributed by atoms with Crippen LogP contribution in [0.25, 0.3) is 0 Å². The van der Waals surface area contributed by atoms with Crippen LogP contribution in [0.15, 0.2) is 30.3 Å². The SMILES string of the molecule is CC(C)(C)OC(=O)N(C(=O)OCc1ccccc1)N(C(=O)OCC(Cl)(Cl)Cl)C(=O)OC(C)(C)C. The predicted octanol–water partition coefficient (Wildman–Crippen LogP) is 6.22. The summed E-state index contributed by atoms with van der Waals surface area (Å²) in [6.07, 6.45) is -5.83. The summed E-state index contributed by atoms with van der Waals surface area (Å²) in [5.74, 6) is 0. The molecule has 1 rings (SSSR count).